The number of hydrogen-bond donors (Lipinski definition) is 1. The maximum Gasteiger partial charge on any atom is 0.243 e. The van der Waals surface area contributed by atoms with Crippen molar-refractivity contribution in [1.29, 1.82) is 0 Å². The van der Waals surface area contributed by atoms with E-state index in [9.17, 15) is 9.59 Å². The Kier molecular flexibility index (Phi) is 11.4. The second-order valence-corrected chi connectivity index (χ2v) is 10.4. The van der Waals surface area contributed by atoms with Gasteiger partial charge in [0, 0.05) is 29.7 Å². The molecule has 2 amide bonds. The predicted octanol–water partition coefficient (Wildman–Crippen LogP) is 6.24. The van der Waals surface area contributed by atoms with Crippen LogP contribution in [-0.4, -0.2) is 35.1 Å². The second-order valence-electron chi connectivity index (χ2n) is 8.48. The van der Waals surface area contributed by atoms with Gasteiger partial charge in [-0.3, -0.25) is 9.59 Å². The second kappa shape index (κ2) is 14.7. The normalized spacial score (nSPS) is 11.6. The molecule has 0 aliphatic carbocycles. The SMILES string of the molecule is CCCCNC(=O)C(Cc1ccccc1)N(Cc1ccc(Br)cc1)C(=O)CSCc1ccccc1. The van der Waals surface area contributed by atoms with E-state index in [2.05, 4.69) is 40.3 Å². The van der Waals surface area contributed by atoms with Gasteiger partial charge in [0.25, 0.3) is 0 Å². The van der Waals surface area contributed by atoms with Crippen molar-refractivity contribution in [3.05, 3.63) is 106 Å². The zero-order chi connectivity index (χ0) is 24.9. The Labute approximate surface area is 221 Å². The van der Waals surface area contributed by atoms with Crippen LogP contribution in [0.25, 0.3) is 0 Å². The summed E-state index contributed by atoms with van der Waals surface area (Å²) in [5.41, 5.74) is 3.21. The maximum absolute atomic E-state index is 13.6. The van der Waals surface area contributed by atoms with Crippen LogP contribution in [0.2, 0.25) is 0 Å². The molecular weight excluding hydrogens is 520 g/mol. The minimum atomic E-state index is -0.581. The molecule has 184 valence electrons. The summed E-state index contributed by atoms with van der Waals surface area (Å²) in [4.78, 5) is 28.7. The first-order valence-electron chi connectivity index (χ1n) is 12.0. The monoisotopic (exact) mass is 552 g/mol. The molecule has 0 aromatic heterocycles. The molecule has 4 nitrogen and oxygen atoms in total. The van der Waals surface area contributed by atoms with Crippen LogP contribution in [0, 0.1) is 0 Å². The highest BCUT2D eigenvalue weighted by atomic mass is 79.9. The Morgan fingerprint density at radius 2 is 1.51 bits per heavy atom. The summed E-state index contributed by atoms with van der Waals surface area (Å²) in [6.07, 6.45) is 2.39. The minimum absolute atomic E-state index is 0.0274. The molecule has 3 aromatic rings. The van der Waals surface area contributed by atoms with E-state index in [-0.39, 0.29) is 11.8 Å². The average molecular weight is 554 g/mol. The van der Waals surface area contributed by atoms with Gasteiger partial charge in [-0.2, -0.15) is 0 Å². The van der Waals surface area contributed by atoms with Crippen molar-refractivity contribution in [2.24, 2.45) is 0 Å². The van der Waals surface area contributed by atoms with Gasteiger partial charge in [-0.1, -0.05) is 102 Å². The van der Waals surface area contributed by atoms with Gasteiger partial charge in [0.05, 0.1) is 5.75 Å². The molecule has 1 unspecified atom stereocenters. The summed E-state index contributed by atoms with van der Waals surface area (Å²) < 4.78 is 0.982. The third-order valence-corrected chi connectivity index (χ3v) is 7.22. The molecule has 1 N–H and O–H groups in total. The van der Waals surface area contributed by atoms with Crippen molar-refractivity contribution in [2.75, 3.05) is 12.3 Å². The van der Waals surface area contributed by atoms with E-state index in [0.29, 0.717) is 25.3 Å². The first-order valence-corrected chi connectivity index (χ1v) is 14.0. The molecule has 6 heteroatoms. The first-order chi connectivity index (χ1) is 17.1. The summed E-state index contributed by atoms with van der Waals surface area (Å²) in [6, 6.07) is 27.4. The summed E-state index contributed by atoms with van der Waals surface area (Å²) in [5, 5.41) is 3.07. The van der Waals surface area contributed by atoms with Crippen molar-refractivity contribution >= 4 is 39.5 Å². The predicted molar refractivity (Wildman–Crippen MR) is 149 cm³/mol. The summed E-state index contributed by atoms with van der Waals surface area (Å²) in [6.45, 7) is 3.10. The number of halogens is 1. The van der Waals surface area contributed by atoms with Crippen molar-refractivity contribution in [3.8, 4) is 0 Å². The van der Waals surface area contributed by atoms with Gasteiger partial charge in [0.15, 0.2) is 0 Å². The molecule has 0 aliphatic rings. The number of hydrogen-bond acceptors (Lipinski definition) is 3. The standard InChI is InChI=1S/C29H33BrN2O2S/c1-2-3-18-31-29(34)27(19-23-10-6-4-7-11-23)32(20-24-14-16-26(30)17-15-24)28(33)22-35-21-25-12-8-5-9-13-25/h4-17,27H,2-3,18-22H2,1H3,(H,31,34). The number of amides is 2. The Morgan fingerprint density at radius 3 is 2.14 bits per heavy atom. The highest BCUT2D eigenvalue weighted by molar-refractivity contribution is 9.10. The third-order valence-electron chi connectivity index (χ3n) is 5.70. The van der Waals surface area contributed by atoms with Gasteiger partial charge in [-0.15, -0.1) is 11.8 Å². The number of benzene rings is 3. The number of nitrogens with zero attached hydrogens (tertiary/aromatic N) is 1. The molecule has 1 atom stereocenters. The van der Waals surface area contributed by atoms with Gasteiger partial charge in [0.1, 0.15) is 6.04 Å². The molecule has 0 heterocycles. The number of nitrogens with one attached hydrogen (secondary N) is 1. The van der Waals surface area contributed by atoms with Crippen LogP contribution in [0.4, 0.5) is 0 Å². The van der Waals surface area contributed by atoms with E-state index < -0.39 is 6.04 Å². The Balaban J connectivity index is 1.82. The van der Waals surface area contributed by atoms with E-state index in [1.165, 1.54) is 5.56 Å². The van der Waals surface area contributed by atoms with Crippen LogP contribution < -0.4 is 5.32 Å². The van der Waals surface area contributed by atoms with Crippen LogP contribution in [0.1, 0.15) is 36.5 Å². The van der Waals surface area contributed by atoms with Gasteiger partial charge in [0.2, 0.25) is 11.8 Å². The molecule has 3 rings (SSSR count). The van der Waals surface area contributed by atoms with Crippen molar-refractivity contribution in [2.45, 2.75) is 44.5 Å². The Bertz CT molecular complexity index is 1050. The number of carbonyl (C=O) groups is 2. The third kappa shape index (κ3) is 9.19. The topological polar surface area (TPSA) is 49.4 Å². The molecule has 0 saturated carbocycles. The Hall–Kier alpha value is -2.57. The number of unbranched alkanes of at least 4 members (excludes halogenated alkanes) is 1. The molecular formula is C29H33BrN2O2S. The molecule has 0 saturated heterocycles. The maximum atomic E-state index is 13.6. The van der Waals surface area contributed by atoms with E-state index in [0.717, 1.165) is 34.2 Å². The molecule has 0 bridgehead atoms. The summed E-state index contributed by atoms with van der Waals surface area (Å²) in [7, 11) is 0. The van der Waals surface area contributed by atoms with Crippen LogP contribution in [0.5, 0.6) is 0 Å². The van der Waals surface area contributed by atoms with Crippen molar-refractivity contribution in [3.63, 3.8) is 0 Å². The van der Waals surface area contributed by atoms with E-state index in [1.807, 2.05) is 72.8 Å². The number of thioether (sulfide) groups is 1. The summed E-state index contributed by atoms with van der Waals surface area (Å²) >= 11 is 5.06. The first kappa shape index (κ1) is 27.0. The van der Waals surface area contributed by atoms with Crippen LogP contribution in [0.3, 0.4) is 0 Å². The lowest BCUT2D eigenvalue weighted by Gasteiger charge is -2.31. The van der Waals surface area contributed by atoms with E-state index >= 15 is 0 Å². The zero-order valence-corrected chi connectivity index (χ0v) is 22.6. The van der Waals surface area contributed by atoms with E-state index in [1.54, 1.807) is 16.7 Å². The molecule has 0 aliphatic heterocycles. The fourth-order valence-corrected chi connectivity index (χ4v) is 4.89. The molecule has 0 spiro atoms. The van der Waals surface area contributed by atoms with Gasteiger partial charge in [-0.25, -0.2) is 0 Å². The lowest BCUT2D eigenvalue weighted by atomic mass is 10.0. The number of carbonyl (C=O) groups excluding carboxylic acids is 2. The quantitative estimate of drug-likeness (QED) is 0.255. The largest absolute Gasteiger partial charge is 0.354 e. The smallest absolute Gasteiger partial charge is 0.243 e. The lowest BCUT2D eigenvalue weighted by Crippen LogP contribution is -2.51. The van der Waals surface area contributed by atoms with Gasteiger partial charge < -0.3 is 10.2 Å². The fourth-order valence-electron chi connectivity index (χ4n) is 3.76. The highest BCUT2D eigenvalue weighted by Crippen LogP contribution is 2.19. The van der Waals surface area contributed by atoms with Crippen LogP contribution >= 0.6 is 27.7 Å². The molecule has 0 radical (unpaired) electrons. The van der Waals surface area contributed by atoms with Crippen LogP contribution in [-0.2, 0) is 28.3 Å². The highest BCUT2D eigenvalue weighted by Gasteiger charge is 2.30. The zero-order valence-electron chi connectivity index (χ0n) is 20.2. The molecule has 3 aromatic carbocycles. The summed E-state index contributed by atoms with van der Waals surface area (Å²) in [5.74, 6) is 0.949. The molecule has 0 fully saturated rings. The Morgan fingerprint density at radius 1 is 0.886 bits per heavy atom. The van der Waals surface area contributed by atoms with Crippen LogP contribution in [0.15, 0.2) is 89.4 Å². The molecule has 35 heavy (non-hydrogen) atoms. The lowest BCUT2D eigenvalue weighted by molar-refractivity contribution is -0.139. The number of rotatable bonds is 13. The van der Waals surface area contributed by atoms with Crippen molar-refractivity contribution < 1.29 is 9.59 Å². The van der Waals surface area contributed by atoms with E-state index in [4.69, 9.17) is 0 Å². The minimum Gasteiger partial charge on any atom is -0.354 e. The fraction of sp³-hybridized carbons (Fsp3) is 0.310. The van der Waals surface area contributed by atoms with Gasteiger partial charge >= 0.3 is 0 Å². The van der Waals surface area contributed by atoms with Gasteiger partial charge in [-0.05, 0) is 35.2 Å². The van der Waals surface area contributed by atoms with Crippen molar-refractivity contribution in [1.82, 2.24) is 10.2 Å². The average Bonchev–Trinajstić information content (AvgIpc) is 2.88.